The predicted molar refractivity (Wildman–Crippen MR) is 79.3 cm³/mol. The van der Waals surface area contributed by atoms with Crippen molar-refractivity contribution in [2.45, 2.75) is 26.3 Å². The molecule has 0 radical (unpaired) electrons. The number of carboxylic acid groups (broad SMARTS) is 1. The van der Waals surface area contributed by atoms with E-state index in [9.17, 15) is 9.59 Å². The maximum absolute atomic E-state index is 12.0. The summed E-state index contributed by atoms with van der Waals surface area (Å²) in [6.45, 7) is 8.21. The number of hydrogen-bond donors (Lipinski definition) is 2. The summed E-state index contributed by atoms with van der Waals surface area (Å²) in [7, 11) is 1.62. The molecule has 0 spiro atoms. The molecule has 0 saturated carbocycles. The number of ether oxygens (including phenoxy) is 1. The molecule has 0 aromatic heterocycles. The molecule has 0 aromatic rings. The lowest BCUT2D eigenvalue weighted by atomic mass is 10.0. The Balaban J connectivity index is 2.33. The summed E-state index contributed by atoms with van der Waals surface area (Å²) >= 11 is 0. The van der Waals surface area contributed by atoms with E-state index >= 15 is 0 Å². The lowest BCUT2D eigenvalue weighted by Crippen LogP contribution is -2.48. The summed E-state index contributed by atoms with van der Waals surface area (Å²) in [5, 5.41) is 11.9. The van der Waals surface area contributed by atoms with E-state index in [1.54, 1.807) is 7.05 Å². The van der Waals surface area contributed by atoms with Crippen LogP contribution in [0.25, 0.3) is 0 Å². The van der Waals surface area contributed by atoms with Crippen LogP contribution in [0.4, 0.5) is 4.79 Å². The van der Waals surface area contributed by atoms with Crippen LogP contribution >= 0.6 is 0 Å². The van der Waals surface area contributed by atoms with Crippen molar-refractivity contribution in [3.8, 4) is 0 Å². The number of carbonyl (C=O) groups is 2. The van der Waals surface area contributed by atoms with Crippen LogP contribution in [0, 0.1) is 5.92 Å². The van der Waals surface area contributed by atoms with E-state index in [1.165, 1.54) is 4.90 Å². The third-order valence-electron chi connectivity index (χ3n) is 4.01. The average Bonchev–Trinajstić information content (AvgIpc) is 2.96. The zero-order valence-corrected chi connectivity index (χ0v) is 13.2. The van der Waals surface area contributed by atoms with Gasteiger partial charge in [0.25, 0.3) is 0 Å². The Morgan fingerprint density at radius 1 is 1.29 bits per heavy atom. The van der Waals surface area contributed by atoms with Crippen LogP contribution in [0.2, 0.25) is 0 Å². The molecule has 7 nitrogen and oxygen atoms in total. The van der Waals surface area contributed by atoms with Crippen LogP contribution in [-0.2, 0) is 9.53 Å². The fraction of sp³-hybridized carbons (Fsp3) is 0.857. The Kier molecular flexibility index (Phi) is 7.45. The summed E-state index contributed by atoms with van der Waals surface area (Å²) < 4.78 is 5.18. The molecule has 2 unspecified atom stereocenters. The quantitative estimate of drug-likeness (QED) is 0.637. The van der Waals surface area contributed by atoms with Crippen molar-refractivity contribution in [3.05, 3.63) is 0 Å². The minimum Gasteiger partial charge on any atom is -0.481 e. The molecule has 0 aliphatic carbocycles. The third kappa shape index (κ3) is 5.17. The molecule has 122 valence electrons. The standard InChI is InChI=1S/C14H27N3O4/c1-4-17(5-2)8-6-7-15-14(20)16(3)12-10-21-9-11(12)13(18)19/h11-12H,4-10H2,1-3H3,(H,15,20)(H,18,19). The molecule has 1 aliphatic heterocycles. The van der Waals surface area contributed by atoms with Crippen LogP contribution in [0.15, 0.2) is 0 Å². The normalized spacial score (nSPS) is 21.5. The zero-order chi connectivity index (χ0) is 15.8. The fourth-order valence-electron chi connectivity index (χ4n) is 2.47. The molecule has 2 N–H and O–H groups in total. The van der Waals surface area contributed by atoms with Crippen molar-refractivity contribution < 1.29 is 19.4 Å². The first kappa shape index (κ1) is 17.7. The molecule has 1 heterocycles. The van der Waals surface area contributed by atoms with Gasteiger partial charge in [0.05, 0.1) is 19.3 Å². The second kappa shape index (κ2) is 8.84. The Morgan fingerprint density at radius 3 is 2.52 bits per heavy atom. The summed E-state index contributed by atoms with van der Waals surface area (Å²) in [6.07, 6.45) is 0.880. The Labute approximate surface area is 126 Å². The largest absolute Gasteiger partial charge is 0.481 e. The maximum atomic E-state index is 12.0. The Bertz CT molecular complexity index is 347. The highest BCUT2D eigenvalue weighted by atomic mass is 16.5. The van der Waals surface area contributed by atoms with Crippen molar-refractivity contribution in [3.63, 3.8) is 0 Å². The molecule has 0 aromatic carbocycles. The van der Waals surface area contributed by atoms with Gasteiger partial charge in [0, 0.05) is 13.6 Å². The molecule has 21 heavy (non-hydrogen) atoms. The molecule has 2 atom stereocenters. The molecule has 1 aliphatic rings. The zero-order valence-electron chi connectivity index (χ0n) is 13.2. The van der Waals surface area contributed by atoms with E-state index < -0.39 is 17.9 Å². The number of nitrogens with one attached hydrogen (secondary N) is 1. The molecule has 0 bridgehead atoms. The van der Waals surface area contributed by atoms with E-state index in [1.807, 2.05) is 0 Å². The lowest BCUT2D eigenvalue weighted by Gasteiger charge is -2.26. The van der Waals surface area contributed by atoms with Gasteiger partial charge in [0.2, 0.25) is 0 Å². The fourth-order valence-corrected chi connectivity index (χ4v) is 2.47. The Hall–Kier alpha value is -1.34. The minimum absolute atomic E-state index is 0.166. The van der Waals surface area contributed by atoms with E-state index in [0.717, 1.165) is 26.1 Å². The van der Waals surface area contributed by atoms with E-state index in [-0.39, 0.29) is 19.2 Å². The monoisotopic (exact) mass is 301 g/mol. The van der Waals surface area contributed by atoms with Gasteiger partial charge in [-0.3, -0.25) is 4.79 Å². The van der Waals surface area contributed by atoms with Crippen LogP contribution in [0.5, 0.6) is 0 Å². The van der Waals surface area contributed by atoms with E-state index in [4.69, 9.17) is 9.84 Å². The number of nitrogens with zero attached hydrogens (tertiary/aromatic N) is 2. The number of hydrogen-bond acceptors (Lipinski definition) is 4. The molecular weight excluding hydrogens is 274 g/mol. The number of rotatable bonds is 8. The lowest BCUT2D eigenvalue weighted by molar-refractivity contribution is -0.142. The van der Waals surface area contributed by atoms with Crippen molar-refractivity contribution in [2.75, 3.05) is 46.4 Å². The summed E-state index contributed by atoms with van der Waals surface area (Å²) in [6, 6.07) is -0.637. The predicted octanol–water partition coefficient (Wildman–Crippen LogP) is 0.459. The van der Waals surface area contributed by atoms with Crippen LogP contribution < -0.4 is 5.32 Å². The number of carbonyl (C=O) groups excluding carboxylic acids is 1. The first-order valence-corrected chi connectivity index (χ1v) is 7.54. The maximum Gasteiger partial charge on any atom is 0.317 e. The van der Waals surface area contributed by atoms with Gasteiger partial charge >= 0.3 is 12.0 Å². The molecule has 1 saturated heterocycles. The van der Waals surface area contributed by atoms with Gasteiger partial charge in [-0.05, 0) is 26.1 Å². The molecule has 1 rings (SSSR count). The second-order valence-electron chi connectivity index (χ2n) is 5.27. The van der Waals surface area contributed by atoms with Gasteiger partial charge in [-0.2, -0.15) is 0 Å². The first-order valence-electron chi connectivity index (χ1n) is 7.54. The van der Waals surface area contributed by atoms with Crippen molar-refractivity contribution in [1.82, 2.24) is 15.1 Å². The van der Waals surface area contributed by atoms with Crippen molar-refractivity contribution in [1.29, 1.82) is 0 Å². The minimum atomic E-state index is -0.918. The summed E-state index contributed by atoms with van der Waals surface area (Å²) in [4.78, 5) is 26.9. The molecule has 1 fully saturated rings. The highest BCUT2D eigenvalue weighted by Crippen LogP contribution is 2.18. The van der Waals surface area contributed by atoms with Crippen LogP contribution in [0.3, 0.4) is 0 Å². The highest BCUT2D eigenvalue weighted by Gasteiger charge is 2.38. The second-order valence-corrected chi connectivity index (χ2v) is 5.27. The third-order valence-corrected chi connectivity index (χ3v) is 4.01. The van der Waals surface area contributed by atoms with Crippen LogP contribution in [-0.4, -0.2) is 79.4 Å². The molecular formula is C14H27N3O4. The van der Waals surface area contributed by atoms with Crippen molar-refractivity contribution >= 4 is 12.0 Å². The van der Waals surface area contributed by atoms with Crippen LogP contribution in [0.1, 0.15) is 20.3 Å². The summed E-state index contributed by atoms with van der Waals surface area (Å²) in [5.41, 5.74) is 0. The van der Waals surface area contributed by atoms with Crippen molar-refractivity contribution in [2.24, 2.45) is 5.92 Å². The Morgan fingerprint density at radius 2 is 1.95 bits per heavy atom. The number of amides is 2. The van der Waals surface area contributed by atoms with Gasteiger partial charge in [-0.1, -0.05) is 13.8 Å². The SMILES string of the molecule is CCN(CC)CCCNC(=O)N(C)C1COCC1C(=O)O. The molecule has 7 heteroatoms. The van der Waals surface area contributed by atoms with Gasteiger partial charge in [-0.15, -0.1) is 0 Å². The number of likely N-dealkylation sites (N-methyl/N-ethyl adjacent to an activating group) is 1. The highest BCUT2D eigenvalue weighted by molar-refractivity contribution is 5.77. The molecule has 2 amide bonds. The van der Waals surface area contributed by atoms with E-state index in [2.05, 4.69) is 24.1 Å². The number of urea groups is 1. The van der Waals surface area contributed by atoms with Gasteiger partial charge < -0.3 is 25.0 Å². The smallest absolute Gasteiger partial charge is 0.317 e. The average molecular weight is 301 g/mol. The topological polar surface area (TPSA) is 82.1 Å². The van der Waals surface area contributed by atoms with Gasteiger partial charge in [0.1, 0.15) is 5.92 Å². The van der Waals surface area contributed by atoms with Gasteiger partial charge in [0.15, 0.2) is 0 Å². The van der Waals surface area contributed by atoms with Gasteiger partial charge in [-0.25, -0.2) is 4.79 Å². The first-order chi connectivity index (χ1) is 10.0. The van der Waals surface area contributed by atoms with E-state index in [0.29, 0.717) is 6.54 Å². The summed E-state index contributed by atoms with van der Waals surface area (Å²) in [5.74, 6) is -1.56. The number of carboxylic acids is 1. The number of aliphatic carboxylic acids is 1.